The summed E-state index contributed by atoms with van der Waals surface area (Å²) in [5.74, 6) is -0.736. The van der Waals surface area contributed by atoms with Crippen LogP contribution in [-0.4, -0.2) is 152 Å². The molecule has 0 aromatic heterocycles. The number of carboxylic acid groups (broad SMARTS) is 1. The van der Waals surface area contributed by atoms with E-state index >= 15 is 0 Å². The molecule has 12 nitrogen and oxygen atoms in total. The van der Waals surface area contributed by atoms with Gasteiger partial charge in [0.15, 0.2) is 5.34 Å². The number of hydrogen-bond donors (Lipinski definition) is 3. The summed E-state index contributed by atoms with van der Waals surface area (Å²) >= 11 is 0. The van der Waals surface area contributed by atoms with Gasteiger partial charge in [0.1, 0.15) is 0 Å². The monoisotopic (exact) mass is 423 g/mol. The van der Waals surface area contributed by atoms with Gasteiger partial charge in [-0.25, -0.2) is 4.79 Å². The molecule has 0 bridgehead atoms. The van der Waals surface area contributed by atoms with Crippen molar-refractivity contribution in [3.63, 3.8) is 0 Å². The van der Waals surface area contributed by atoms with Gasteiger partial charge in [0.2, 0.25) is 0 Å². The molecule has 0 atom stereocenters. The zero-order valence-corrected chi connectivity index (χ0v) is 9.62. The molecule has 16 heteroatoms. The number of nitrogens with one attached hydrogen (secondary N) is 2. The van der Waals surface area contributed by atoms with Gasteiger partial charge in [-0.05, 0) is 12.1 Å². The van der Waals surface area contributed by atoms with E-state index in [1.807, 2.05) is 5.34 Å². The molecule has 0 aliphatic carbocycles. The van der Waals surface area contributed by atoms with Crippen molar-refractivity contribution in [2.24, 2.45) is 5.34 Å². The van der Waals surface area contributed by atoms with Crippen LogP contribution in [0, 0.1) is 25.1 Å². The minimum absolute atomic E-state index is 0. The fourth-order valence-corrected chi connectivity index (χ4v) is 0.661. The molecule has 0 spiro atoms. The van der Waals surface area contributed by atoms with Crippen LogP contribution < -0.4 is 10.7 Å². The Hall–Kier alpha value is 1.08. The summed E-state index contributed by atoms with van der Waals surface area (Å²) in [5.41, 5.74) is 0.312. The van der Waals surface area contributed by atoms with Crippen molar-refractivity contribution in [1.82, 2.24) is 0 Å². The molecule has 0 fully saturated rings. The van der Waals surface area contributed by atoms with E-state index in [9.17, 15) is 9.70 Å². The second kappa shape index (κ2) is 44.0. The summed E-state index contributed by atoms with van der Waals surface area (Å²) in [4.78, 5) is 48.7. The summed E-state index contributed by atoms with van der Waals surface area (Å²) in [6.45, 7) is -0.250. The van der Waals surface area contributed by atoms with E-state index in [4.69, 9.17) is 30.1 Å². The topological polar surface area (TPSA) is 201 Å². The van der Waals surface area contributed by atoms with Crippen molar-refractivity contribution < 1.29 is 30.2 Å². The van der Waals surface area contributed by atoms with Crippen LogP contribution in [-0.2, 0) is 9.63 Å². The molecular weight excluding hydrogens is 408 g/mol. The summed E-state index contributed by atoms with van der Waals surface area (Å²) in [6, 6.07) is 8.16. The zero-order chi connectivity index (χ0) is 16.2. The summed E-state index contributed by atoms with van der Waals surface area (Å²) in [6.07, 6.45) is 0. The number of nitrogens with zero attached hydrogens (tertiary/aromatic N) is 1. The first-order chi connectivity index (χ1) is 9.59. The quantitative estimate of drug-likeness (QED) is 0.137. The second-order valence-corrected chi connectivity index (χ2v) is 2.09. The summed E-state index contributed by atoms with van der Waals surface area (Å²) in [7, 11) is 0. The predicted octanol–water partition coefficient (Wildman–Crippen LogP) is -5.24. The molecule has 24 heavy (non-hydrogen) atoms. The van der Waals surface area contributed by atoms with Crippen LogP contribution in [0.15, 0.2) is 35.7 Å². The van der Waals surface area contributed by atoms with Crippen LogP contribution in [0.25, 0.3) is 0 Å². The Morgan fingerprint density at radius 3 is 1.62 bits per heavy atom. The molecule has 0 saturated carbocycles. The molecule has 0 aliphatic heterocycles. The van der Waals surface area contributed by atoms with E-state index in [2.05, 4.69) is 4.84 Å². The van der Waals surface area contributed by atoms with E-state index in [-0.39, 0.29) is 152 Å². The molecule has 0 radical (unpaired) electrons. The maximum atomic E-state index is 10.7. The van der Waals surface area contributed by atoms with Gasteiger partial charge >= 0.3 is 141 Å². The number of hydrogen-bond acceptors (Lipinski definition) is 9. The number of benzene rings is 1. The Kier molecular flexibility index (Phi) is 81.5. The van der Waals surface area contributed by atoms with Crippen molar-refractivity contribution in [3.8, 4) is 0 Å². The average Bonchev–Trinajstić information content (AvgIpc) is 2.43. The number of carbonyl (C=O) groups excluding carboxylic acids is 1. The van der Waals surface area contributed by atoms with Gasteiger partial charge in [-0.1, -0.05) is 18.2 Å². The first-order valence-electron chi connectivity index (χ1n) is 4.24. The van der Waals surface area contributed by atoms with Gasteiger partial charge in [0, 0.05) is 10.7 Å². The molecule has 122 valence electrons. The summed E-state index contributed by atoms with van der Waals surface area (Å²) < 4.78 is 0. The van der Waals surface area contributed by atoms with Gasteiger partial charge in [-0.3, -0.25) is 29.9 Å². The fourth-order valence-electron chi connectivity index (χ4n) is 0.661. The standard InChI is InChI=1S/C7H5NO3.CH2O2.2Ca.2HNO2.2Na.6H/c9-7(11-8-10)6-4-2-1-3-5-6;2-1-3;;;2*2-1-3;;;;;;;;/h1-5H;1H,(H,2,3);;;2*1H;;;;;;;;. The third-order valence-electron chi connectivity index (χ3n) is 1.13. The van der Waals surface area contributed by atoms with Crippen molar-refractivity contribution in [1.29, 1.82) is 0 Å². The van der Waals surface area contributed by atoms with E-state index < -0.39 is 5.97 Å². The normalized spacial score (nSPS) is 5.50. The van der Waals surface area contributed by atoms with E-state index in [0.717, 1.165) is 0 Å². The molecule has 1 aromatic carbocycles. The molecule has 0 saturated heterocycles. The van der Waals surface area contributed by atoms with Gasteiger partial charge in [0.05, 0.1) is 5.56 Å². The second-order valence-electron chi connectivity index (χ2n) is 2.09. The molecule has 1 aromatic rings. The van der Waals surface area contributed by atoms with Crippen LogP contribution in [0.2, 0.25) is 0 Å². The fraction of sp³-hybridized carbons (Fsp3) is 0. The van der Waals surface area contributed by atoms with Gasteiger partial charge in [0.25, 0.3) is 6.47 Å². The first-order valence-corrected chi connectivity index (χ1v) is 4.24. The number of rotatable bonds is 2. The van der Waals surface area contributed by atoms with Crippen LogP contribution in [0.3, 0.4) is 0 Å². The van der Waals surface area contributed by atoms with Crippen LogP contribution in [0.4, 0.5) is 0 Å². The third-order valence-corrected chi connectivity index (χ3v) is 1.13. The Morgan fingerprint density at radius 1 is 1.08 bits per heavy atom. The molecule has 0 amide bonds. The van der Waals surface area contributed by atoms with Gasteiger partial charge < -0.3 is 5.11 Å². The summed E-state index contributed by atoms with van der Waals surface area (Å²) in [5, 5.41) is 25.7. The zero-order valence-electron chi connectivity index (χ0n) is 9.62. The SMILES string of the molecule is O=CO.O=NOC(=O)c1ccccc1.O=[NH+][O-].O=[NH+][O-].[CaH2].[CaH2].[NaH].[NaH]. The average molecular weight is 423 g/mol. The molecule has 0 heterocycles. The minimum atomic E-state index is -0.736. The molecular formula is C8H15Ca2N3Na2O9. The molecule has 0 unspecified atom stereocenters. The van der Waals surface area contributed by atoms with Gasteiger partial charge in [-0.2, -0.15) is 0 Å². The van der Waals surface area contributed by atoms with Crippen molar-refractivity contribution in [2.45, 2.75) is 0 Å². The molecule has 0 aliphatic rings. The number of carbonyl (C=O) groups is 2. The molecule has 3 N–H and O–H groups in total. The van der Waals surface area contributed by atoms with E-state index in [1.54, 1.807) is 18.2 Å². The Morgan fingerprint density at radius 2 is 1.38 bits per heavy atom. The third kappa shape index (κ3) is 43.5. The molecule has 1 rings (SSSR count). The Labute approximate surface area is 239 Å². The Balaban J connectivity index is -0.0000000385. The van der Waals surface area contributed by atoms with Crippen molar-refractivity contribution in [2.75, 3.05) is 0 Å². The van der Waals surface area contributed by atoms with Crippen molar-refractivity contribution in [3.05, 3.63) is 61.0 Å². The first kappa shape index (κ1) is 44.5. The maximum absolute atomic E-state index is 10.7. The van der Waals surface area contributed by atoms with Crippen molar-refractivity contribution >= 4 is 147 Å². The van der Waals surface area contributed by atoms with Crippen LogP contribution in [0.1, 0.15) is 10.4 Å². The predicted molar refractivity (Wildman–Crippen MR) is 93.1 cm³/mol. The Bertz CT molecular complexity index is 389. The van der Waals surface area contributed by atoms with Crippen LogP contribution in [0.5, 0.6) is 0 Å². The van der Waals surface area contributed by atoms with Gasteiger partial charge in [-0.15, -0.1) is 4.91 Å². The van der Waals surface area contributed by atoms with Crippen LogP contribution >= 0.6 is 0 Å². The van der Waals surface area contributed by atoms with E-state index in [1.165, 1.54) is 12.1 Å². The van der Waals surface area contributed by atoms with E-state index in [0.29, 0.717) is 5.56 Å².